The molecule has 84 valence electrons. The number of benzene rings is 1. The van der Waals surface area contributed by atoms with E-state index in [1.165, 1.54) is 18.5 Å². The van der Waals surface area contributed by atoms with Gasteiger partial charge in [0.1, 0.15) is 5.75 Å². The Morgan fingerprint density at radius 3 is 2.81 bits per heavy atom. The molecule has 0 spiro atoms. The van der Waals surface area contributed by atoms with Gasteiger partial charge in [-0.2, -0.15) is 0 Å². The Balaban J connectivity index is 1.94. The molecule has 1 aromatic rings. The monoisotopic (exact) mass is 217 g/mol. The van der Waals surface area contributed by atoms with Gasteiger partial charge >= 0.3 is 5.97 Å². The van der Waals surface area contributed by atoms with E-state index < -0.39 is 0 Å². The first kappa shape index (κ1) is 9.70. The topological polar surface area (TPSA) is 29.5 Å². The van der Waals surface area contributed by atoms with Gasteiger partial charge in [-0.1, -0.05) is 6.07 Å². The van der Waals surface area contributed by atoms with Crippen LogP contribution in [0.1, 0.15) is 31.2 Å². The number of nitrogens with zero attached hydrogens (tertiary/aromatic N) is 1. The molecule has 0 aliphatic carbocycles. The first-order valence-electron chi connectivity index (χ1n) is 5.86. The molecule has 0 aromatic heterocycles. The number of anilines is 1. The van der Waals surface area contributed by atoms with Crippen LogP contribution in [0.3, 0.4) is 0 Å². The molecule has 3 heteroatoms. The largest absolute Gasteiger partial charge is 0.426 e. The predicted octanol–water partition coefficient (Wildman–Crippen LogP) is 2.31. The van der Waals surface area contributed by atoms with E-state index in [2.05, 4.69) is 11.0 Å². The highest BCUT2D eigenvalue weighted by molar-refractivity contribution is 5.86. The number of rotatable bonds is 1. The van der Waals surface area contributed by atoms with Gasteiger partial charge in [-0.3, -0.25) is 4.79 Å². The van der Waals surface area contributed by atoms with Gasteiger partial charge in [0.25, 0.3) is 0 Å². The molecule has 1 fully saturated rings. The third-order valence-corrected chi connectivity index (χ3v) is 3.50. The lowest BCUT2D eigenvalue weighted by molar-refractivity contribution is -0.133. The number of carbonyl (C=O) groups is 1. The highest BCUT2D eigenvalue weighted by Crippen LogP contribution is 2.37. The van der Waals surface area contributed by atoms with Crippen LogP contribution in [0.25, 0.3) is 0 Å². The molecule has 0 radical (unpaired) electrons. The van der Waals surface area contributed by atoms with Crippen LogP contribution in [0.5, 0.6) is 5.75 Å². The normalized spacial score (nSPS) is 23.4. The molecule has 3 rings (SSSR count). The van der Waals surface area contributed by atoms with Crippen molar-refractivity contribution in [2.75, 3.05) is 18.0 Å². The Bertz CT molecular complexity index is 436. The molecule has 1 saturated heterocycles. The van der Waals surface area contributed by atoms with Gasteiger partial charge in [0.15, 0.2) is 0 Å². The number of hydrogen-bond donors (Lipinski definition) is 0. The van der Waals surface area contributed by atoms with Gasteiger partial charge in [-0.05, 0) is 25.8 Å². The highest BCUT2D eigenvalue weighted by Gasteiger charge is 2.29. The number of carbonyl (C=O) groups excluding carboxylic acids is 1. The lowest BCUT2D eigenvalue weighted by Gasteiger charge is -2.17. The number of hydrogen-bond acceptors (Lipinski definition) is 3. The average molecular weight is 217 g/mol. The smallest absolute Gasteiger partial charge is 0.318 e. The minimum atomic E-state index is -0.131. The van der Waals surface area contributed by atoms with Gasteiger partial charge in [-0.15, -0.1) is 0 Å². The van der Waals surface area contributed by atoms with Crippen LogP contribution in [0, 0.1) is 0 Å². The average Bonchev–Trinajstić information content (AvgIpc) is 2.88. The molecule has 1 unspecified atom stereocenters. The molecule has 16 heavy (non-hydrogen) atoms. The second kappa shape index (κ2) is 3.51. The van der Waals surface area contributed by atoms with E-state index in [0.717, 1.165) is 24.4 Å². The Labute approximate surface area is 95.0 Å². The van der Waals surface area contributed by atoms with E-state index in [0.29, 0.717) is 0 Å². The fourth-order valence-corrected chi connectivity index (χ4v) is 2.46. The van der Waals surface area contributed by atoms with Crippen molar-refractivity contribution in [3.8, 4) is 5.75 Å². The van der Waals surface area contributed by atoms with Crippen molar-refractivity contribution >= 4 is 11.7 Å². The third-order valence-electron chi connectivity index (χ3n) is 3.50. The van der Waals surface area contributed by atoms with E-state index in [4.69, 9.17) is 4.74 Å². The van der Waals surface area contributed by atoms with Crippen LogP contribution >= 0.6 is 0 Å². The lowest BCUT2D eigenvalue weighted by Crippen LogP contribution is -2.17. The minimum Gasteiger partial charge on any atom is -0.426 e. The number of ether oxygens (including phenoxy) is 1. The Morgan fingerprint density at radius 1 is 1.31 bits per heavy atom. The second-order valence-corrected chi connectivity index (χ2v) is 4.56. The summed E-state index contributed by atoms with van der Waals surface area (Å²) in [6.45, 7) is 4.12. The SMILES string of the molecule is CC1C(=O)Oc2cc(N3CCCC3)ccc21. The van der Waals surface area contributed by atoms with Gasteiger partial charge in [-0.25, -0.2) is 0 Å². The van der Waals surface area contributed by atoms with Crippen LogP contribution in [0.4, 0.5) is 5.69 Å². The van der Waals surface area contributed by atoms with Crippen molar-refractivity contribution in [2.45, 2.75) is 25.7 Å². The van der Waals surface area contributed by atoms with Crippen LogP contribution in [-0.2, 0) is 4.79 Å². The van der Waals surface area contributed by atoms with Gasteiger partial charge in [0.05, 0.1) is 5.92 Å². The van der Waals surface area contributed by atoms with Crippen molar-refractivity contribution in [1.82, 2.24) is 0 Å². The standard InChI is InChI=1S/C13H15NO2/c1-9-11-5-4-10(14-6-2-3-7-14)8-12(11)16-13(9)15/h4-5,8-9H,2-3,6-7H2,1H3. The minimum absolute atomic E-state index is 0.109. The molecule has 1 aromatic carbocycles. The maximum Gasteiger partial charge on any atom is 0.318 e. The summed E-state index contributed by atoms with van der Waals surface area (Å²) in [4.78, 5) is 13.8. The summed E-state index contributed by atoms with van der Waals surface area (Å²) in [6, 6.07) is 6.13. The van der Waals surface area contributed by atoms with Gasteiger partial charge < -0.3 is 9.64 Å². The van der Waals surface area contributed by atoms with Gasteiger partial charge in [0.2, 0.25) is 0 Å². The van der Waals surface area contributed by atoms with Crippen molar-refractivity contribution in [2.24, 2.45) is 0 Å². The van der Waals surface area contributed by atoms with E-state index in [1.807, 2.05) is 19.1 Å². The molecule has 2 aliphatic rings. The van der Waals surface area contributed by atoms with Crippen molar-refractivity contribution < 1.29 is 9.53 Å². The second-order valence-electron chi connectivity index (χ2n) is 4.56. The zero-order chi connectivity index (χ0) is 11.1. The molecule has 0 saturated carbocycles. The van der Waals surface area contributed by atoms with E-state index >= 15 is 0 Å². The lowest BCUT2D eigenvalue weighted by atomic mass is 10.0. The zero-order valence-corrected chi connectivity index (χ0v) is 9.40. The van der Waals surface area contributed by atoms with Crippen LogP contribution in [-0.4, -0.2) is 19.1 Å². The number of esters is 1. The molecule has 3 nitrogen and oxygen atoms in total. The maximum absolute atomic E-state index is 11.4. The summed E-state index contributed by atoms with van der Waals surface area (Å²) in [5, 5.41) is 0. The summed E-state index contributed by atoms with van der Waals surface area (Å²) in [6.07, 6.45) is 2.51. The van der Waals surface area contributed by atoms with E-state index in [-0.39, 0.29) is 11.9 Å². The maximum atomic E-state index is 11.4. The fraction of sp³-hybridized carbons (Fsp3) is 0.462. The third kappa shape index (κ3) is 1.39. The molecule has 2 aliphatic heterocycles. The molecular formula is C13H15NO2. The van der Waals surface area contributed by atoms with Crippen LogP contribution < -0.4 is 9.64 Å². The fourth-order valence-electron chi connectivity index (χ4n) is 2.46. The first-order valence-corrected chi connectivity index (χ1v) is 5.86. The molecule has 1 atom stereocenters. The first-order chi connectivity index (χ1) is 7.75. The summed E-state index contributed by atoms with van der Waals surface area (Å²) < 4.78 is 5.25. The summed E-state index contributed by atoms with van der Waals surface area (Å²) in [5.41, 5.74) is 2.20. The molecule has 0 bridgehead atoms. The molecule has 2 heterocycles. The van der Waals surface area contributed by atoms with Crippen molar-refractivity contribution in [1.29, 1.82) is 0 Å². The molecular weight excluding hydrogens is 202 g/mol. The summed E-state index contributed by atoms with van der Waals surface area (Å²) in [7, 11) is 0. The summed E-state index contributed by atoms with van der Waals surface area (Å²) >= 11 is 0. The van der Waals surface area contributed by atoms with Crippen LogP contribution in [0.15, 0.2) is 18.2 Å². The van der Waals surface area contributed by atoms with E-state index in [9.17, 15) is 4.79 Å². The molecule has 0 N–H and O–H groups in total. The zero-order valence-electron chi connectivity index (χ0n) is 9.40. The molecule has 0 amide bonds. The predicted molar refractivity (Wildman–Crippen MR) is 61.9 cm³/mol. The Hall–Kier alpha value is -1.51. The van der Waals surface area contributed by atoms with Crippen LogP contribution in [0.2, 0.25) is 0 Å². The highest BCUT2D eigenvalue weighted by atomic mass is 16.5. The van der Waals surface area contributed by atoms with Gasteiger partial charge in [0, 0.05) is 30.4 Å². The Morgan fingerprint density at radius 2 is 2.06 bits per heavy atom. The summed E-state index contributed by atoms with van der Waals surface area (Å²) in [5.74, 6) is 0.512. The quantitative estimate of drug-likeness (QED) is 0.534. The van der Waals surface area contributed by atoms with Crippen molar-refractivity contribution in [3.63, 3.8) is 0 Å². The Kier molecular flexibility index (Phi) is 2.13. The number of fused-ring (bicyclic) bond motifs is 1. The van der Waals surface area contributed by atoms with Crippen molar-refractivity contribution in [3.05, 3.63) is 23.8 Å². The van der Waals surface area contributed by atoms with E-state index in [1.54, 1.807) is 0 Å².